The fraction of sp³-hybridized carbons (Fsp3) is 0.381. The SMILES string of the molecule is CCN(CC)S(=O)(=O)c1ccc(C(=O)N(Cc2cccc(Br)c2)C2CC2)cc1. The number of sulfonamides is 1. The highest BCUT2D eigenvalue weighted by atomic mass is 79.9. The van der Waals surface area contributed by atoms with Gasteiger partial charge in [-0.3, -0.25) is 4.79 Å². The minimum Gasteiger partial charge on any atom is -0.331 e. The van der Waals surface area contributed by atoms with Crippen LogP contribution in [0.5, 0.6) is 0 Å². The molecule has 28 heavy (non-hydrogen) atoms. The molecule has 1 amide bonds. The lowest BCUT2D eigenvalue weighted by molar-refractivity contribution is 0.0730. The van der Waals surface area contributed by atoms with Gasteiger partial charge in [0.05, 0.1) is 4.90 Å². The number of carbonyl (C=O) groups excluding carboxylic acids is 1. The van der Waals surface area contributed by atoms with Gasteiger partial charge in [-0.15, -0.1) is 0 Å². The molecule has 1 aliphatic rings. The first-order chi connectivity index (χ1) is 13.4. The van der Waals surface area contributed by atoms with E-state index in [1.54, 1.807) is 12.1 Å². The summed E-state index contributed by atoms with van der Waals surface area (Å²) in [5.41, 5.74) is 1.58. The highest BCUT2D eigenvalue weighted by Crippen LogP contribution is 2.30. The van der Waals surface area contributed by atoms with Gasteiger partial charge in [-0.2, -0.15) is 4.31 Å². The van der Waals surface area contributed by atoms with Gasteiger partial charge in [0.1, 0.15) is 0 Å². The Hall–Kier alpha value is -1.70. The summed E-state index contributed by atoms with van der Waals surface area (Å²) in [5.74, 6) is -0.0609. The lowest BCUT2D eigenvalue weighted by atomic mass is 10.1. The number of halogens is 1. The van der Waals surface area contributed by atoms with Crippen LogP contribution in [0.1, 0.15) is 42.6 Å². The van der Waals surface area contributed by atoms with Crippen LogP contribution in [0.15, 0.2) is 57.9 Å². The molecule has 0 unspecified atom stereocenters. The molecule has 1 fully saturated rings. The van der Waals surface area contributed by atoms with Crippen LogP contribution in [0.3, 0.4) is 0 Å². The maximum Gasteiger partial charge on any atom is 0.254 e. The van der Waals surface area contributed by atoms with Gasteiger partial charge < -0.3 is 4.90 Å². The summed E-state index contributed by atoms with van der Waals surface area (Å²) < 4.78 is 27.6. The van der Waals surface area contributed by atoms with Gasteiger partial charge in [0.2, 0.25) is 10.0 Å². The van der Waals surface area contributed by atoms with Crippen molar-refractivity contribution in [1.82, 2.24) is 9.21 Å². The van der Waals surface area contributed by atoms with Crippen LogP contribution in [-0.4, -0.2) is 42.7 Å². The zero-order valence-corrected chi connectivity index (χ0v) is 18.5. The summed E-state index contributed by atoms with van der Waals surface area (Å²) in [7, 11) is -3.52. The second-order valence-electron chi connectivity index (χ2n) is 6.91. The Morgan fingerprint density at radius 3 is 2.25 bits per heavy atom. The third kappa shape index (κ3) is 4.64. The number of hydrogen-bond acceptors (Lipinski definition) is 3. The van der Waals surface area contributed by atoms with Crippen LogP contribution in [0.4, 0.5) is 0 Å². The van der Waals surface area contributed by atoms with E-state index < -0.39 is 10.0 Å². The number of amides is 1. The van der Waals surface area contributed by atoms with Gasteiger partial charge in [0.15, 0.2) is 0 Å². The second-order valence-corrected chi connectivity index (χ2v) is 9.76. The Morgan fingerprint density at radius 2 is 1.71 bits per heavy atom. The van der Waals surface area contributed by atoms with Crippen LogP contribution < -0.4 is 0 Å². The van der Waals surface area contributed by atoms with Crippen molar-refractivity contribution in [2.45, 2.75) is 44.2 Å². The molecule has 0 spiro atoms. The first-order valence-electron chi connectivity index (χ1n) is 9.52. The second kappa shape index (κ2) is 8.76. The van der Waals surface area contributed by atoms with Gasteiger partial charge in [0, 0.05) is 35.7 Å². The number of hydrogen-bond donors (Lipinski definition) is 0. The molecule has 0 saturated heterocycles. The van der Waals surface area contributed by atoms with Gasteiger partial charge in [-0.1, -0.05) is 41.9 Å². The highest BCUT2D eigenvalue weighted by molar-refractivity contribution is 9.10. The van der Waals surface area contributed by atoms with E-state index in [-0.39, 0.29) is 16.8 Å². The lowest BCUT2D eigenvalue weighted by Gasteiger charge is -2.23. The quantitative estimate of drug-likeness (QED) is 0.585. The monoisotopic (exact) mass is 464 g/mol. The maximum absolute atomic E-state index is 13.1. The molecule has 0 aromatic heterocycles. The Bertz CT molecular complexity index is 936. The number of nitrogens with zero attached hydrogens (tertiary/aromatic N) is 2. The van der Waals surface area contributed by atoms with Crippen molar-refractivity contribution in [3.63, 3.8) is 0 Å². The molecule has 0 radical (unpaired) electrons. The van der Waals surface area contributed by atoms with E-state index in [1.165, 1.54) is 16.4 Å². The Morgan fingerprint density at radius 1 is 1.07 bits per heavy atom. The third-order valence-electron chi connectivity index (χ3n) is 4.93. The average molecular weight is 465 g/mol. The van der Waals surface area contributed by atoms with Crippen molar-refractivity contribution in [3.8, 4) is 0 Å². The van der Waals surface area contributed by atoms with Crippen LogP contribution in [0, 0.1) is 0 Å². The Kier molecular flexibility index (Phi) is 6.58. The molecule has 0 aliphatic heterocycles. The molecule has 5 nitrogen and oxygen atoms in total. The Balaban J connectivity index is 1.81. The van der Waals surface area contributed by atoms with E-state index >= 15 is 0 Å². The van der Waals surface area contributed by atoms with Crippen LogP contribution in [0.25, 0.3) is 0 Å². The minimum atomic E-state index is -3.52. The molecule has 0 heterocycles. The summed E-state index contributed by atoms with van der Waals surface area (Å²) in [5, 5.41) is 0. The van der Waals surface area contributed by atoms with Crippen molar-refractivity contribution in [2.75, 3.05) is 13.1 Å². The fourth-order valence-corrected chi connectivity index (χ4v) is 5.14. The largest absolute Gasteiger partial charge is 0.331 e. The molecule has 150 valence electrons. The standard InChI is InChI=1S/C21H25BrN2O3S/c1-3-23(4-2)28(26,27)20-12-8-17(9-13-20)21(25)24(19-10-11-19)15-16-6-5-7-18(22)14-16/h5-9,12-14,19H,3-4,10-11,15H2,1-2H3. The van der Waals surface area contributed by atoms with Crippen LogP contribution in [-0.2, 0) is 16.6 Å². The molecule has 1 aliphatic carbocycles. The molecule has 3 rings (SSSR count). The van der Waals surface area contributed by atoms with E-state index in [1.807, 2.05) is 43.0 Å². The van der Waals surface area contributed by atoms with Crippen LogP contribution in [0.2, 0.25) is 0 Å². The predicted octanol–water partition coefficient (Wildman–Crippen LogP) is 4.28. The van der Waals surface area contributed by atoms with Gasteiger partial charge >= 0.3 is 0 Å². The first kappa shape index (κ1) is 21.0. The van der Waals surface area contributed by atoms with E-state index in [9.17, 15) is 13.2 Å². The highest BCUT2D eigenvalue weighted by Gasteiger charge is 2.33. The number of rotatable bonds is 8. The van der Waals surface area contributed by atoms with E-state index in [0.717, 1.165) is 22.9 Å². The molecule has 1 saturated carbocycles. The van der Waals surface area contributed by atoms with Crippen molar-refractivity contribution in [1.29, 1.82) is 0 Å². The van der Waals surface area contributed by atoms with Crippen LogP contribution >= 0.6 is 15.9 Å². The zero-order chi connectivity index (χ0) is 20.3. The summed E-state index contributed by atoms with van der Waals surface area (Å²) in [6.07, 6.45) is 2.02. The summed E-state index contributed by atoms with van der Waals surface area (Å²) >= 11 is 3.47. The summed E-state index contributed by atoms with van der Waals surface area (Å²) in [6, 6.07) is 14.5. The molecular formula is C21H25BrN2O3S. The smallest absolute Gasteiger partial charge is 0.254 e. The van der Waals surface area contributed by atoms with Gasteiger partial charge in [-0.25, -0.2) is 8.42 Å². The molecule has 2 aromatic rings. The zero-order valence-electron chi connectivity index (χ0n) is 16.1. The Labute approximate surface area is 175 Å². The summed E-state index contributed by atoms with van der Waals surface area (Å²) in [4.78, 5) is 15.2. The molecule has 0 bridgehead atoms. The molecule has 0 atom stereocenters. The van der Waals surface area contributed by atoms with Crippen molar-refractivity contribution in [2.24, 2.45) is 0 Å². The number of benzene rings is 2. The molecular weight excluding hydrogens is 440 g/mol. The fourth-order valence-electron chi connectivity index (χ4n) is 3.23. The van der Waals surface area contributed by atoms with Gasteiger partial charge in [0.25, 0.3) is 5.91 Å². The molecule has 0 N–H and O–H groups in total. The maximum atomic E-state index is 13.1. The topological polar surface area (TPSA) is 57.7 Å². The molecule has 2 aromatic carbocycles. The molecule has 7 heteroatoms. The van der Waals surface area contributed by atoms with E-state index in [0.29, 0.717) is 25.2 Å². The average Bonchev–Trinajstić information content (AvgIpc) is 3.51. The van der Waals surface area contributed by atoms with E-state index in [4.69, 9.17) is 0 Å². The van der Waals surface area contributed by atoms with Crippen molar-refractivity contribution in [3.05, 3.63) is 64.1 Å². The first-order valence-corrected chi connectivity index (χ1v) is 11.8. The van der Waals surface area contributed by atoms with Crippen molar-refractivity contribution >= 4 is 31.9 Å². The predicted molar refractivity (Wildman–Crippen MR) is 114 cm³/mol. The van der Waals surface area contributed by atoms with E-state index in [2.05, 4.69) is 15.9 Å². The van der Waals surface area contributed by atoms with Gasteiger partial charge in [-0.05, 0) is 54.8 Å². The minimum absolute atomic E-state index is 0.0609. The van der Waals surface area contributed by atoms with Crippen molar-refractivity contribution < 1.29 is 13.2 Å². The number of carbonyl (C=O) groups is 1. The normalized spacial score (nSPS) is 14.3. The lowest BCUT2D eigenvalue weighted by Crippen LogP contribution is -2.33. The third-order valence-corrected chi connectivity index (χ3v) is 7.49. The summed E-state index contributed by atoms with van der Waals surface area (Å²) in [6.45, 7) is 5.01.